The number of carbonyl (C=O) groups is 4. The van der Waals surface area contributed by atoms with Crippen molar-refractivity contribution in [1.29, 1.82) is 0 Å². The highest BCUT2D eigenvalue weighted by Crippen LogP contribution is 2.31. The summed E-state index contributed by atoms with van der Waals surface area (Å²) in [6.45, 7) is 14.3. The van der Waals surface area contributed by atoms with Crippen LogP contribution in [0, 0.1) is 11.8 Å². The Morgan fingerprint density at radius 1 is 0.560 bits per heavy atom. The lowest BCUT2D eigenvalue weighted by Crippen LogP contribution is -2.40. The number of hydrogen-bond donors (Lipinski definition) is 1. The van der Waals surface area contributed by atoms with Crippen LogP contribution in [-0.4, -0.2) is 154 Å². The Kier molecular flexibility index (Phi) is 17.4. The smallest absolute Gasteiger partial charge is 0.330 e. The summed E-state index contributed by atoms with van der Waals surface area (Å²) in [5.74, 6) is 3.43. The van der Waals surface area contributed by atoms with Crippen LogP contribution in [0.3, 0.4) is 0 Å². The summed E-state index contributed by atoms with van der Waals surface area (Å²) in [6.07, 6.45) is 7.01. The number of amides is 6. The van der Waals surface area contributed by atoms with Crippen LogP contribution < -0.4 is 29.8 Å². The van der Waals surface area contributed by atoms with Gasteiger partial charge in [-0.3, -0.25) is 24.3 Å². The molecule has 4 saturated heterocycles. The summed E-state index contributed by atoms with van der Waals surface area (Å²) >= 11 is 3.45. The van der Waals surface area contributed by atoms with Gasteiger partial charge < -0.3 is 34.1 Å². The summed E-state index contributed by atoms with van der Waals surface area (Å²) in [5, 5.41) is 19.1. The van der Waals surface area contributed by atoms with E-state index in [1.54, 1.807) is 37.2 Å². The standard InChI is InChI=1S/C27H34N8O2.C14H19BrN2O.C13H16N6O/c1-19(2)35-18-28-30-25(35)23-6-5-7-24(29-23)34-17-16-33(27(34)37)22-10-8-21(9-11-22)32-14-12-20(13-15-32)26(36)31(3)4;1-16(2)14(18)11-7-9-17(10-8-11)13-5-3-12(15)4-6-13;1-9(2)19-8-15-17-12(19)10-4-3-5-11(16-10)18-7-6-14-13(18)20/h5-11,18-20H,12-17H2,1-4H3;3-6,11H,7-10H2,1-2H3;3-5,8-9H,6-7H2,1-2H3,(H,14,20). The van der Waals surface area contributed by atoms with Gasteiger partial charge in [-0.15, -0.1) is 20.4 Å². The summed E-state index contributed by atoms with van der Waals surface area (Å²) in [4.78, 5) is 71.7. The fourth-order valence-corrected chi connectivity index (χ4v) is 9.94. The van der Waals surface area contributed by atoms with Crippen LogP contribution in [-0.2, 0) is 9.59 Å². The van der Waals surface area contributed by atoms with Gasteiger partial charge in [-0.1, -0.05) is 28.1 Å². The Hall–Kier alpha value is -7.42. The minimum absolute atomic E-state index is 0.0919. The summed E-state index contributed by atoms with van der Waals surface area (Å²) < 4.78 is 5.02. The first-order valence-corrected chi connectivity index (χ1v) is 26.5. The number of carbonyl (C=O) groups excluding carboxylic acids is 4. The fourth-order valence-electron chi connectivity index (χ4n) is 9.68. The predicted molar refractivity (Wildman–Crippen MR) is 296 cm³/mol. The first-order chi connectivity index (χ1) is 36.1. The summed E-state index contributed by atoms with van der Waals surface area (Å²) in [5.41, 5.74) is 4.63. The molecule has 0 atom stereocenters. The van der Waals surface area contributed by atoms with Crippen LogP contribution in [0.4, 0.5) is 38.3 Å². The molecular weight excluding hydrogens is 1020 g/mol. The molecule has 4 aromatic heterocycles. The highest BCUT2D eigenvalue weighted by Gasteiger charge is 2.33. The highest BCUT2D eigenvalue weighted by atomic mass is 79.9. The number of anilines is 5. The Labute approximate surface area is 447 Å². The molecule has 21 heteroatoms. The molecule has 0 bridgehead atoms. The van der Waals surface area contributed by atoms with Gasteiger partial charge in [0.1, 0.15) is 35.7 Å². The molecule has 4 fully saturated rings. The molecule has 0 radical (unpaired) electrons. The Morgan fingerprint density at radius 3 is 1.41 bits per heavy atom. The molecule has 0 aliphatic carbocycles. The third-order valence-electron chi connectivity index (χ3n) is 13.9. The third kappa shape index (κ3) is 12.7. The molecule has 10 rings (SSSR count). The van der Waals surface area contributed by atoms with Crippen LogP contribution in [0.1, 0.15) is 65.5 Å². The van der Waals surface area contributed by atoms with Gasteiger partial charge in [0.15, 0.2) is 11.6 Å². The number of urea groups is 2. The van der Waals surface area contributed by atoms with E-state index in [0.29, 0.717) is 60.9 Å². The normalized spacial score (nSPS) is 16.2. The molecule has 4 aliphatic heterocycles. The van der Waals surface area contributed by atoms with Crippen LogP contribution in [0.5, 0.6) is 0 Å². The number of nitrogens with zero attached hydrogens (tertiary/aromatic N) is 15. The lowest BCUT2D eigenvalue weighted by Gasteiger charge is -2.34. The lowest BCUT2D eigenvalue weighted by atomic mass is 9.95. The molecule has 0 unspecified atom stereocenters. The van der Waals surface area contributed by atoms with Crippen molar-refractivity contribution >= 4 is 68.5 Å². The second-order valence-electron chi connectivity index (χ2n) is 20.0. The SMILES string of the molecule is CC(C)n1cnnc1-c1cccc(N2CCN(c3ccc(N4CCC(C(=O)N(C)C)CC4)cc3)C2=O)n1.CC(C)n1cnnc1-c1cccc(N2CCNC2=O)n1.CN(C)C(=O)C1CCN(c2ccc(Br)cc2)CC1. The second-order valence-corrected chi connectivity index (χ2v) is 20.9. The van der Waals surface area contributed by atoms with Crippen LogP contribution in [0.25, 0.3) is 23.0 Å². The van der Waals surface area contributed by atoms with Crippen molar-refractivity contribution in [2.45, 2.75) is 65.5 Å². The van der Waals surface area contributed by atoms with E-state index in [1.807, 2.05) is 85.9 Å². The Bertz CT molecular complexity index is 2890. The van der Waals surface area contributed by atoms with Gasteiger partial charge in [-0.05, 0) is 126 Å². The number of piperidine rings is 2. The zero-order valence-corrected chi connectivity index (χ0v) is 45.8. The van der Waals surface area contributed by atoms with E-state index in [4.69, 9.17) is 4.98 Å². The number of benzene rings is 2. The minimum Gasteiger partial charge on any atom is -0.371 e. The van der Waals surface area contributed by atoms with Gasteiger partial charge >= 0.3 is 12.1 Å². The van der Waals surface area contributed by atoms with Gasteiger partial charge in [0.05, 0.1) is 0 Å². The molecule has 6 amide bonds. The zero-order valence-electron chi connectivity index (χ0n) is 44.3. The molecule has 0 spiro atoms. The van der Waals surface area contributed by atoms with Crippen molar-refractivity contribution in [2.24, 2.45) is 11.8 Å². The highest BCUT2D eigenvalue weighted by molar-refractivity contribution is 9.10. The van der Waals surface area contributed by atoms with Gasteiger partial charge in [0, 0.05) is 126 Å². The van der Waals surface area contributed by atoms with E-state index in [2.05, 4.69) is 121 Å². The predicted octanol–water partition coefficient (Wildman–Crippen LogP) is 7.88. The first-order valence-electron chi connectivity index (χ1n) is 25.7. The molecule has 0 saturated carbocycles. The van der Waals surface area contributed by atoms with E-state index in [0.717, 1.165) is 67.7 Å². The van der Waals surface area contributed by atoms with E-state index in [-0.39, 0.29) is 47.8 Å². The molecule has 4 aliphatic rings. The van der Waals surface area contributed by atoms with Gasteiger partial charge in [-0.2, -0.15) is 0 Å². The van der Waals surface area contributed by atoms with Crippen molar-refractivity contribution in [3.05, 3.63) is 102 Å². The van der Waals surface area contributed by atoms with E-state index in [9.17, 15) is 19.2 Å². The van der Waals surface area contributed by atoms with Crippen molar-refractivity contribution in [1.82, 2.24) is 54.6 Å². The molecule has 8 heterocycles. The maximum absolute atomic E-state index is 13.4. The molecule has 396 valence electrons. The van der Waals surface area contributed by atoms with Gasteiger partial charge in [0.2, 0.25) is 11.8 Å². The number of pyridine rings is 2. The van der Waals surface area contributed by atoms with Crippen molar-refractivity contribution in [3.8, 4) is 23.0 Å². The molecule has 2 aromatic carbocycles. The van der Waals surface area contributed by atoms with Crippen molar-refractivity contribution in [2.75, 3.05) is 105 Å². The number of halogens is 1. The average Bonchev–Trinajstić information content (AvgIpc) is 4.28. The van der Waals surface area contributed by atoms with E-state index in [1.165, 1.54) is 5.69 Å². The Balaban J connectivity index is 0.000000165. The minimum atomic E-state index is -0.111. The van der Waals surface area contributed by atoms with Crippen molar-refractivity contribution < 1.29 is 19.2 Å². The molecular formula is C54H69BrN16O4. The summed E-state index contributed by atoms with van der Waals surface area (Å²) in [7, 11) is 7.31. The second kappa shape index (κ2) is 24.3. The molecule has 20 nitrogen and oxygen atoms in total. The van der Waals surface area contributed by atoms with Gasteiger partial charge in [0.25, 0.3) is 0 Å². The third-order valence-corrected chi connectivity index (χ3v) is 14.4. The monoisotopic (exact) mass is 1080 g/mol. The summed E-state index contributed by atoms with van der Waals surface area (Å²) in [6, 6.07) is 28.0. The number of nitrogens with one attached hydrogen (secondary N) is 1. The van der Waals surface area contributed by atoms with Crippen LogP contribution in [0.15, 0.2) is 102 Å². The number of rotatable bonds is 11. The fraction of sp³-hybridized carbons (Fsp3) is 0.444. The number of hydrogen-bond acceptors (Lipinski definition) is 12. The average molecular weight is 1090 g/mol. The molecule has 1 N–H and O–H groups in total. The van der Waals surface area contributed by atoms with E-state index >= 15 is 0 Å². The largest absolute Gasteiger partial charge is 0.371 e. The van der Waals surface area contributed by atoms with Crippen LogP contribution in [0.2, 0.25) is 0 Å². The zero-order chi connectivity index (χ0) is 53.3. The van der Waals surface area contributed by atoms with Gasteiger partial charge in [-0.25, -0.2) is 19.6 Å². The van der Waals surface area contributed by atoms with E-state index < -0.39 is 0 Å². The van der Waals surface area contributed by atoms with Crippen LogP contribution >= 0.6 is 15.9 Å². The maximum atomic E-state index is 13.4. The molecule has 75 heavy (non-hydrogen) atoms. The first kappa shape index (κ1) is 53.9. The Morgan fingerprint density at radius 2 is 0.987 bits per heavy atom. The maximum Gasteiger partial charge on any atom is 0.330 e. The molecule has 6 aromatic rings. The quantitative estimate of drug-likeness (QED) is 0.132. The topological polar surface area (TPSA) is 190 Å². The lowest BCUT2D eigenvalue weighted by molar-refractivity contribution is -0.134. The van der Waals surface area contributed by atoms with Crippen molar-refractivity contribution in [3.63, 3.8) is 0 Å². The number of aromatic nitrogens is 8.